The fourth-order valence-electron chi connectivity index (χ4n) is 3.40. The Balaban J connectivity index is 1.58. The van der Waals surface area contributed by atoms with Gasteiger partial charge in [0.25, 0.3) is 5.91 Å². The predicted octanol–water partition coefficient (Wildman–Crippen LogP) is 0.803. The van der Waals surface area contributed by atoms with Crippen molar-refractivity contribution in [1.29, 1.82) is 0 Å². The summed E-state index contributed by atoms with van der Waals surface area (Å²) < 4.78 is 36.6. The number of hydrogen-bond donors (Lipinski definition) is 1. The minimum absolute atomic E-state index is 0.268. The number of nitrogens with zero attached hydrogens (tertiary/aromatic N) is 4. The molecule has 0 aliphatic carbocycles. The molecule has 2 aliphatic heterocycles. The third-order valence-electron chi connectivity index (χ3n) is 4.84. The van der Waals surface area contributed by atoms with Gasteiger partial charge in [-0.3, -0.25) is 4.79 Å². The van der Waals surface area contributed by atoms with Crippen LogP contribution in [-0.4, -0.2) is 64.7 Å². The molecular weight excluding hydrogens is 398 g/mol. The summed E-state index contributed by atoms with van der Waals surface area (Å²) in [5.74, 6) is 1.11. The van der Waals surface area contributed by atoms with Crippen LogP contribution in [0.15, 0.2) is 18.3 Å². The van der Waals surface area contributed by atoms with Crippen molar-refractivity contribution < 1.29 is 22.7 Å². The van der Waals surface area contributed by atoms with E-state index in [0.29, 0.717) is 29.3 Å². The summed E-state index contributed by atoms with van der Waals surface area (Å²) in [6, 6.07) is 3.35. The van der Waals surface area contributed by atoms with Crippen LogP contribution in [0.5, 0.6) is 11.5 Å². The van der Waals surface area contributed by atoms with Crippen LogP contribution in [0.3, 0.4) is 0 Å². The molecule has 1 saturated heterocycles. The number of amides is 1. The number of aromatic nitrogens is 3. The zero-order chi connectivity index (χ0) is 21.0. The Morgan fingerprint density at radius 2 is 2.07 bits per heavy atom. The Labute approximate surface area is 168 Å². The highest BCUT2D eigenvalue weighted by Gasteiger charge is 2.38. The topological polar surface area (TPSA) is 116 Å². The Morgan fingerprint density at radius 1 is 1.34 bits per heavy atom. The number of ether oxygens (including phenoxy) is 2. The highest BCUT2D eigenvalue weighted by atomic mass is 32.2. The molecule has 10 nitrogen and oxygen atoms in total. The lowest BCUT2D eigenvalue weighted by Crippen LogP contribution is -2.55. The number of aryl methyl sites for hydroxylation is 1. The van der Waals surface area contributed by atoms with E-state index in [-0.39, 0.29) is 25.1 Å². The molecule has 0 atom stereocenters. The van der Waals surface area contributed by atoms with Gasteiger partial charge in [-0.25, -0.2) is 8.42 Å². The first-order chi connectivity index (χ1) is 13.5. The highest BCUT2D eigenvalue weighted by molar-refractivity contribution is 7.88. The van der Waals surface area contributed by atoms with Crippen molar-refractivity contribution in [1.82, 2.24) is 19.3 Å². The van der Waals surface area contributed by atoms with Crippen molar-refractivity contribution in [2.45, 2.75) is 32.0 Å². The molecule has 0 radical (unpaired) electrons. The predicted molar refractivity (Wildman–Crippen MR) is 105 cm³/mol. The standard InChI is InChI=1S/C18H23N5O5S/c1-18(2)7-13-14(27-12-9-23(10-12)29(4,25)26)5-11(6-15(13)28-18)17(24)20-16-8-19-22(3)21-16/h5-6,8,12H,7,9-10H2,1-4H3,(H,20,21,24). The molecule has 0 spiro atoms. The van der Waals surface area contributed by atoms with Crippen LogP contribution >= 0.6 is 0 Å². The maximum atomic E-state index is 12.7. The molecule has 1 aromatic heterocycles. The van der Waals surface area contributed by atoms with Crippen LogP contribution in [0.1, 0.15) is 29.8 Å². The van der Waals surface area contributed by atoms with Gasteiger partial charge in [-0.1, -0.05) is 0 Å². The lowest BCUT2D eigenvalue weighted by Gasteiger charge is -2.37. The highest BCUT2D eigenvalue weighted by Crippen LogP contribution is 2.42. The number of sulfonamides is 1. The van der Waals surface area contributed by atoms with Crippen LogP contribution < -0.4 is 14.8 Å². The molecule has 0 saturated carbocycles. The minimum atomic E-state index is -3.23. The van der Waals surface area contributed by atoms with Gasteiger partial charge in [-0.2, -0.15) is 14.2 Å². The molecule has 1 fully saturated rings. The van der Waals surface area contributed by atoms with Gasteiger partial charge in [0, 0.05) is 24.6 Å². The Morgan fingerprint density at radius 3 is 2.69 bits per heavy atom. The quantitative estimate of drug-likeness (QED) is 0.759. The number of carbonyl (C=O) groups excluding carboxylic acids is 1. The van der Waals surface area contributed by atoms with Gasteiger partial charge in [0.2, 0.25) is 10.0 Å². The summed E-state index contributed by atoms with van der Waals surface area (Å²) in [6.45, 7) is 4.50. The smallest absolute Gasteiger partial charge is 0.257 e. The average Bonchev–Trinajstić information content (AvgIpc) is 3.09. The van der Waals surface area contributed by atoms with Crippen LogP contribution in [0.4, 0.5) is 5.82 Å². The summed E-state index contributed by atoms with van der Waals surface area (Å²) in [4.78, 5) is 14.1. The van der Waals surface area contributed by atoms with Crippen LogP contribution in [0.25, 0.3) is 0 Å². The van der Waals surface area contributed by atoms with Crippen molar-refractivity contribution in [2.24, 2.45) is 7.05 Å². The van der Waals surface area contributed by atoms with E-state index in [1.807, 2.05) is 13.8 Å². The van der Waals surface area contributed by atoms with E-state index in [9.17, 15) is 13.2 Å². The number of rotatable bonds is 5. The van der Waals surface area contributed by atoms with E-state index in [2.05, 4.69) is 15.5 Å². The van der Waals surface area contributed by atoms with Crippen LogP contribution in [0.2, 0.25) is 0 Å². The van der Waals surface area contributed by atoms with Gasteiger partial charge < -0.3 is 14.8 Å². The van der Waals surface area contributed by atoms with Gasteiger partial charge in [-0.15, -0.1) is 5.10 Å². The first-order valence-electron chi connectivity index (χ1n) is 9.15. The first kappa shape index (κ1) is 19.6. The fourth-order valence-corrected chi connectivity index (χ4v) is 4.27. The normalized spacial score (nSPS) is 18.6. The third-order valence-corrected chi connectivity index (χ3v) is 6.07. The Hall–Kier alpha value is -2.66. The summed E-state index contributed by atoms with van der Waals surface area (Å²) >= 11 is 0. The first-order valence-corrected chi connectivity index (χ1v) is 11.0. The molecule has 1 amide bonds. The fraction of sp³-hybridized carbons (Fsp3) is 0.500. The van der Waals surface area contributed by atoms with Gasteiger partial charge in [0.05, 0.1) is 25.5 Å². The average molecular weight is 421 g/mol. The van der Waals surface area contributed by atoms with Crippen molar-refractivity contribution in [3.8, 4) is 11.5 Å². The van der Waals surface area contributed by atoms with Crippen LogP contribution in [-0.2, 0) is 23.5 Å². The molecular formula is C18H23N5O5S. The van der Waals surface area contributed by atoms with Crippen molar-refractivity contribution in [3.63, 3.8) is 0 Å². The van der Waals surface area contributed by atoms with E-state index >= 15 is 0 Å². The molecule has 2 aliphatic rings. The van der Waals surface area contributed by atoms with E-state index in [0.717, 1.165) is 5.56 Å². The molecule has 1 aromatic carbocycles. The van der Waals surface area contributed by atoms with E-state index in [1.54, 1.807) is 19.2 Å². The molecule has 1 N–H and O–H groups in total. The van der Waals surface area contributed by atoms with Gasteiger partial charge in [0.1, 0.15) is 23.2 Å². The maximum Gasteiger partial charge on any atom is 0.257 e. The number of hydrogen-bond acceptors (Lipinski definition) is 7. The number of carbonyl (C=O) groups is 1. The zero-order valence-corrected chi connectivity index (χ0v) is 17.5. The summed E-state index contributed by atoms with van der Waals surface area (Å²) in [5.41, 5.74) is 0.823. The molecule has 156 valence electrons. The second kappa shape index (κ2) is 6.70. The number of benzene rings is 1. The third kappa shape index (κ3) is 4.06. The second-order valence-corrected chi connectivity index (χ2v) is 9.97. The van der Waals surface area contributed by atoms with Crippen molar-refractivity contribution >= 4 is 21.7 Å². The summed E-state index contributed by atoms with van der Waals surface area (Å²) in [5, 5.41) is 10.7. The molecule has 4 rings (SSSR count). The number of anilines is 1. The maximum absolute atomic E-state index is 12.7. The summed E-state index contributed by atoms with van der Waals surface area (Å²) in [6.07, 6.45) is 2.99. The summed E-state index contributed by atoms with van der Waals surface area (Å²) in [7, 11) is -1.57. The van der Waals surface area contributed by atoms with Crippen LogP contribution in [0, 0.1) is 0 Å². The van der Waals surface area contributed by atoms with Crippen molar-refractivity contribution in [2.75, 3.05) is 24.7 Å². The monoisotopic (exact) mass is 421 g/mol. The van der Waals surface area contributed by atoms with E-state index in [1.165, 1.54) is 21.6 Å². The lowest BCUT2D eigenvalue weighted by atomic mass is 9.99. The lowest BCUT2D eigenvalue weighted by molar-refractivity contribution is 0.0756. The molecule has 2 aromatic rings. The second-order valence-electron chi connectivity index (χ2n) is 7.98. The van der Waals surface area contributed by atoms with Gasteiger partial charge in [-0.05, 0) is 26.0 Å². The van der Waals surface area contributed by atoms with E-state index < -0.39 is 15.6 Å². The Kier molecular flexibility index (Phi) is 4.54. The van der Waals surface area contributed by atoms with Gasteiger partial charge in [0.15, 0.2) is 5.82 Å². The Bertz CT molecular complexity index is 1070. The number of fused-ring (bicyclic) bond motifs is 1. The molecule has 0 bridgehead atoms. The molecule has 0 unspecified atom stereocenters. The zero-order valence-electron chi connectivity index (χ0n) is 16.7. The molecule has 3 heterocycles. The minimum Gasteiger partial charge on any atom is -0.487 e. The molecule has 29 heavy (non-hydrogen) atoms. The molecule has 11 heteroatoms. The van der Waals surface area contributed by atoms with E-state index in [4.69, 9.17) is 9.47 Å². The number of nitrogens with one attached hydrogen (secondary N) is 1. The SMILES string of the molecule is Cn1ncc(NC(=O)c2cc(OC3CN(S(C)(=O)=O)C3)c3c(c2)OC(C)(C)C3)n1. The largest absolute Gasteiger partial charge is 0.487 e. The van der Waals surface area contributed by atoms with Crippen molar-refractivity contribution in [3.05, 3.63) is 29.5 Å². The van der Waals surface area contributed by atoms with Gasteiger partial charge >= 0.3 is 0 Å².